The van der Waals surface area contributed by atoms with E-state index in [-0.39, 0.29) is 17.3 Å². The van der Waals surface area contributed by atoms with E-state index in [4.69, 9.17) is 4.42 Å². The minimum Gasteiger partial charge on any atom is -0.433 e. The number of anilines is 1. The van der Waals surface area contributed by atoms with Crippen molar-refractivity contribution in [1.29, 1.82) is 0 Å². The van der Waals surface area contributed by atoms with Crippen molar-refractivity contribution in [2.24, 2.45) is 0 Å². The van der Waals surface area contributed by atoms with Crippen molar-refractivity contribution in [2.75, 3.05) is 5.32 Å². The number of rotatable bonds is 6. The molecule has 1 N–H and O–H groups in total. The summed E-state index contributed by atoms with van der Waals surface area (Å²) >= 11 is 1.14. The fourth-order valence-corrected chi connectivity index (χ4v) is 2.87. The number of halogens is 2. The van der Waals surface area contributed by atoms with Crippen LogP contribution in [-0.2, 0) is 4.79 Å². The number of ether oxygens (including phenoxy) is 1. The maximum absolute atomic E-state index is 12.4. The predicted molar refractivity (Wildman–Crippen MR) is 91.0 cm³/mol. The Morgan fingerprint density at radius 3 is 2.68 bits per heavy atom. The van der Waals surface area contributed by atoms with Gasteiger partial charge in [0.2, 0.25) is 5.91 Å². The van der Waals surface area contributed by atoms with Gasteiger partial charge in [-0.2, -0.15) is 8.78 Å². The molecule has 25 heavy (non-hydrogen) atoms. The summed E-state index contributed by atoms with van der Waals surface area (Å²) in [6.07, 6.45) is 0. The molecule has 0 aliphatic heterocycles. The van der Waals surface area contributed by atoms with Crippen LogP contribution in [0.2, 0.25) is 0 Å². The molecule has 0 spiro atoms. The van der Waals surface area contributed by atoms with Crippen LogP contribution in [0.4, 0.5) is 14.5 Å². The number of para-hydroxylation sites is 4. The van der Waals surface area contributed by atoms with Crippen LogP contribution in [0.15, 0.2) is 58.2 Å². The maximum atomic E-state index is 12.4. The monoisotopic (exact) mass is 364 g/mol. The van der Waals surface area contributed by atoms with Crippen LogP contribution >= 0.6 is 11.8 Å². The van der Waals surface area contributed by atoms with Crippen LogP contribution in [0.5, 0.6) is 5.75 Å². The van der Waals surface area contributed by atoms with Crippen molar-refractivity contribution in [3.05, 3.63) is 48.5 Å². The molecule has 8 heteroatoms. The number of thioether (sulfide) groups is 1. The van der Waals surface area contributed by atoms with Crippen LogP contribution in [0.3, 0.4) is 0 Å². The fraction of sp³-hybridized carbons (Fsp3) is 0.176. The lowest BCUT2D eigenvalue weighted by molar-refractivity contribution is -0.115. The Balaban J connectivity index is 1.68. The van der Waals surface area contributed by atoms with Crippen molar-refractivity contribution in [1.82, 2.24) is 4.98 Å². The molecule has 1 atom stereocenters. The van der Waals surface area contributed by atoms with Crippen LogP contribution in [-0.4, -0.2) is 22.8 Å². The first kappa shape index (κ1) is 17.2. The van der Waals surface area contributed by atoms with Gasteiger partial charge in [-0.05, 0) is 31.2 Å². The van der Waals surface area contributed by atoms with E-state index in [1.54, 1.807) is 25.1 Å². The number of carbonyl (C=O) groups excluding carboxylic acids is 1. The van der Waals surface area contributed by atoms with Gasteiger partial charge in [-0.1, -0.05) is 36.0 Å². The molecule has 130 valence electrons. The molecule has 0 saturated carbocycles. The summed E-state index contributed by atoms with van der Waals surface area (Å²) in [5, 5.41) is 2.40. The van der Waals surface area contributed by atoms with Gasteiger partial charge in [-0.3, -0.25) is 4.79 Å². The molecular weight excluding hydrogens is 350 g/mol. The molecule has 5 nitrogen and oxygen atoms in total. The highest BCUT2D eigenvalue weighted by Crippen LogP contribution is 2.29. The van der Waals surface area contributed by atoms with Gasteiger partial charge in [0.05, 0.1) is 10.9 Å². The van der Waals surface area contributed by atoms with E-state index in [0.717, 1.165) is 11.8 Å². The number of benzene rings is 2. The summed E-state index contributed by atoms with van der Waals surface area (Å²) in [5.41, 5.74) is 1.51. The molecule has 1 amide bonds. The smallest absolute Gasteiger partial charge is 0.387 e. The topological polar surface area (TPSA) is 64.4 Å². The molecular formula is C17H14F2N2O3S. The van der Waals surface area contributed by atoms with Gasteiger partial charge in [0.15, 0.2) is 5.58 Å². The van der Waals surface area contributed by atoms with Crippen LogP contribution < -0.4 is 10.1 Å². The molecule has 0 bridgehead atoms. The van der Waals surface area contributed by atoms with Crippen molar-refractivity contribution in [2.45, 2.75) is 24.0 Å². The Kier molecular flexibility index (Phi) is 5.18. The third kappa shape index (κ3) is 4.27. The first-order valence-electron chi connectivity index (χ1n) is 7.40. The van der Waals surface area contributed by atoms with Crippen LogP contribution in [0.25, 0.3) is 11.1 Å². The Morgan fingerprint density at radius 2 is 1.92 bits per heavy atom. The molecule has 1 aromatic heterocycles. The number of amides is 1. The lowest BCUT2D eigenvalue weighted by Crippen LogP contribution is -2.23. The molecule has 0 fully saturated rings. The summed E-state index contributed by atoms with van der Waals surface area (Å²) in [5.74, 6) is -0.470. The van der Waals surface area contributed by atoms with Crippen molar-refractivity contribution in [3.63, 3.8) is 0 Å². The summed E-state index contributed by atoms with van der Waals surface area (Å²) in [6, 6.07) is 13.3. The molecule has 0 aliphatic rings. The van der Waals surface area contributed by atoms with Gasteiger partial charge in [-0.25, -0.2) is 4.98 Å². The van der Waals surface area contributed by atoms with Gasteiger partial charge < -0.3 is 14.5 Å². The van der Waals surface area contributed by atoms with Crippen molar-refractivity contribution in [3.8, 4) is 5.75 Å². The number of fused-ring (bicyclic) bond motifs is 1. The zero-order valence-electron chi connectivity index (χ0n) is 13.1. The van der Waals surface area contributed by atoms with Gasteiger partial charge in [0.1, 0.15) is 11.3 Å². The molecule has 1 unspecified atom stereocenters. The number of oxazole rings is 1. The van der Waals surface area contributed by atoms with E-state index in [1.807, 2.05) is 18.2 Å². The second kappa shape index (κ2) is 7.52. The lowest BCUT2D eigenvalue weighted by Gasteiger charge is -2.13. The summed E-state index contributed by atoms with van der Waals surface area (Å²) in [6.45, 7) is -1.30. The predicted octanol–water partition coefficient (Wildman–Crippen LogP) is 4.55. The summed E-state index contributed by atoms with van der Waals surface area (Å²) in [7, 11) is 0. The Hall–Kier alpha value is -2.61. The van der Waals surface area contributed by atoms with E-state index in [0.29, 0.717) is 16.3 Å². The van der Waals surface area contributed by atoms with Gasteiger partial charge in [0.25, 0.3) is 5.22 Å². The standard InChI is InChI=1S/C17H14F2N2O3S/c1-10(25-17-21-12-7-3-5-9-14(12)24-17)15(22)20-11-6-2-4-8-13(11)23-16(18)19/h2-10,16H,1H3,(H,20,22). The largest absolute Gasteiger partial charge is 0.433 e. The average Bonchev–Trinajstić information content (AvgIpc) is 2.98. The molecule has 0 saturated heterocycles. The average molecular weight is 364 g/mol. The highest BCUT2D eigenvalue weighted by molar-refractivity contribution is 8.00. The first-order chi connectivity index (χ1) is 12.0. The number of carbonyl (C=O) groups is 1. The Labute approximate surface area is 146 Å². The quantitative estimate of drug-likeness (QED) is 0.650. The third-order valence-electron chi connectivity index (χ3n) is 3.28. The summed E-state index contributed by atoms with van der Waals surface area (Å²) < 4.78 is 34.8. The fourth-order valence-electron chi connectivity index (χ4n) is 2.11. The zero-order valence-corrected chi connectivity index (χ0v) is 13.9. The van der Waals surface area contributed by atoms with E-state index in [9.17, 15) is 13.6 Å². The van der Waals surface area contributed by atoms with Crippen molar-refractivity contribution >= 4 is 34.5 Å². The molecule has 3 rings (SSSR count). The van der Waals surface area contributed by atoms with Gasteiger partial charge >= 0.3 is 6.61 Å². The number of hydrogen-bond acceptors (Lipinski definition) is 5. The lowest BCUT2D eigenvalue weighted by atomic mass is 10.3. The van der Waals surface area contributed by atoms with E-state index < -0.39 is 11.9 Å². The molecule has 2 aromatic carbocycles. The SMILES string of the molecule is CC(Sc1nc2ccccc2o1)C(=O)Nc1ccccc1OC(F)F. The highest BCUT2D eigenvalue weighted by Gasteiger charge is 2.20. The van der Waals surface area contributed by atoms with Gasteiger partial charge in [-0.15, -0.1) is 0 Å². The molecule has 1 heterocycles. The number of alkyl halides is 2. The second-order valence-electron chi connectivity index (χ2n) is 5.07. The normalized spacial score (nSPS) is 12.3. The third-order valence-corrected chi connectivity index (χ3v) is 4.23. The number of hydrogen-bond donors (Lipinski definition) is 1. The van der Waals surface area contributed by atoms with Crippen LogP contribution in [0.1, 0.15) is 6.92 Å². The van der Waals surface area contributed by atoms with Crippen molar-refractivity contribution < 1.29 is 22.7 Å². The number of nitrogens with zero attached hydrogens (tertiary/aromatic N) is 1. The first-order valence-corrected chi connectivity index (χ1v) is 8.28. The Morgan fingerprint density at radius 1 is 1.20 bits per heavy atom. The maximum Gasteiger partial charge on any atom is 0.387 e. The number of nitrogens with one attached hydrogen (secondary N) is 1. The number of aromatic nitrogens is 1. The van der Waals surface area contributed by atoms with E-state index >= 15 is 0 Å². The molecule has 0 aliphatic carbocycles. The molecule has 3 aromatic rings. The highest BCUT2D eigenvalue weighted by atomic mass is 32.2. The molecule has 0 radical (unpaired) electrons. The summed E-state index contributed by atoms with van der Waals surface area (Å²) in [4.78, 5) is 16.6. The van der Waals surface area contributed by atoms with Crippen LogP contribution in [0, 0.1) is 0 Å². The minimum atomic E-state index is -2.97. The van der Waals surface area contributed by atoms with Gasteiger partial charge in [0, 0.05) is 0 Å². The Bertz CT molecular complexity index is 852. The van der Waals surface area contributed by atoms with E-state index in [2.05, 4.69) is 15.0 Å². The van der Waals surface area contributed by atoms with E-state index in [1.165, 1.54) is 12.1 Å². The second-order valence-corrected chi connectivity index (χ2v) is 6.36. The minimum absolute atomic E-state index is 0.0927. The zero-order chi connectivity index (χ0) is 17.8.